The first-order valence-corrected chi connectivity index (χ1v) is 9.83. The number of carbonyl (C=O) groups excluding carboxylic acids is 1. The summed E-state index contributed by atoms with van der Waals surface area (Å²) in [6, 6.07) is 10.7. The van der Waals surface area contributed by atoms with Gasteiger partial charge in [0.25, 0.3) is 10.0 Å². The predicted octanol–water partition coefficient (Wildman–Crippen LogP) is 3.84. The van der Waals surface area contributed by atoms with E-state index < -0.39 is 21.4 Å². The third-order valence-corrected chi connectivity index (χ3v) is 5.83. The lowest BCUT2D eigenvalue weighted by atomic mass is 9.97. The number of carbonyl (C=O) groups is 1. The summed E-state index contributed by atoms with van der Waals surface area (Å²) in [7, 11) is -3.86. The van der Waals surface area contributed by atoms with E-state index in [1.165, 1.54) is 36.5 Å². The first-order chi connectivity index (χ1) is 12.5. The molecule has 3 aromatic rings. The van der Waals surface area contributed by atoms with Crippen molar-refractivity contribution in [3.63, 3.8) is 0 Å². The quantitative estimate of drug-likeness (QED) is 0.545. The number of esters is 1. The number of ether oxygens (including phenoxy) is 1. The van der Waals surface area contributed by atoms with E-state index in [1.807, 2.05) is 6.92 Å². The number of phenols is 1. The molecule has 0 bridgehead atoms. The summed E-state index contributed by atoms with van der Waals surface area (Å²) in [6.07, 6.45) is 1.37. The van der Waals surface area contributed by atoms with E-state index in [0.29, 0.717) is 5.39 Å². The van der Waals surface area contributed by atoms with Gasteiger partial charge in [-0.1, -0.05) is 17.7 Å². The highest BCUT2D eigenvalue weighted by Gasteiger charge is 2.25. The van der Waals surface area contributed by atoms with E-state index in [4.69, 9.17) is 4.74 Å². The molecule has 142 valence electrons. The van der Waals surface area contributed by atoms with Crippen LogP contribution in [0.1, 0.15) is 26.3 Å². The lowest BCUT2D eigenvalue weighted by molar-refractivity contribution is -0.142. The summed E-state index contributed by atoms with van der Waals surface area (Å²) in [5.74, 6) is -0.568. The molecule has 3 rings (SSSR count). The molecule has 0 aliphatic heterocycles. The molecule has 6 nitrogen and oxygen atoms in total. The number of nitrogens with zero attached hydrogens (tertiary/aromatic N) is 1. The van der Waals surface area contributed by atoms with Crippen LogP contribution in [0.2, 0.25) is 0 Å². The fourth-order valence-corrected chi connectivity index (χ4v) is 3.86. The Morgan fingerprint density at radius 2 is 1.70 bits per heavy atom. The van der Waals surface area contributed by atoms with Crippen molar-refractivity contribution in [3.8, 4) is 11.5 Å². The Balaban J connectivity index is 2.12. The molecule has 1 aromatic heterocycles. The van der Waals surface area contributed by atoms with Gasteiger partial charge in [0.1, 0.15) is 11.5 Å². The SMILES string of the molecule is Cc1ccc(S(=O)(=O)n2ccc3c(O)cc(OC(=O)C(C)(C)C)cc32)cc1. The second-order valence-corrected chi connectivity index (χ2v) is 9.26. The molecule has 0 atom stereocenters. The summed E-state index contributed by atoms with van der Waals surface area (Å²) >= 11 is 0. The molecule has 0 saturated heterocycles. The number of fused-ring (bicyclic) bond motifs is 1. The molecular weight excluding hydrogens is 366 g/mol. The van der Waals surface area contributed by atoms with Crippen molar-refractivity contribution in [2.75, 3.05) is 0 Å². The zero-order valence-corrected chi connectivity index (χ0v) is 16.4. The van der Waals surface area contributed by atoms with Crippen LogP contribution < -0.4 is 4.74 Å². The van der Waals surface area contributed by atoms with Gasteiger partial charge in [0, 0.05) is 23.7 Å². The van der Waals surface area contributed by atoms with Crippen LogP contribution in [-0.2, 0) is 14.8 Å². The number of phenolic OH excluding ortho intramolecular Hbond substituents is 1. The smallest absolute Gasteiger partial charge is 0.316 e. The third-order valence-electron chi connectivity index (χ3n) is 4.12. The van der Waals surface area contributed by atoms with E-state index in [-0.39, 0.29) is 21.9 Å². The van der Waals surface area contributed by atoms with Crippen molar-refractivity contribution in [1.82, 2.24) is 3.97 Å². The normalized spacial score (nSPS) is 12.3. The van der Waals surface area contributed by atoms with Crippen LogP contribution in [0.3, 0.4) is 0 Å². The molecule has 0 unspecified atom stereocenters. The lowest BCUT2D eigenvalue weighted by Gasteiger charge is -2.16. The van der Waals surface area contributed by atoms with Gasteiger partial charge in [-0.15, -0.1) is 0 Å². The summed E-state index contributed by atoms with van der Waals surface area (Å²) in [6.45, 7) is 6.99. The van der Waals surface area contributed by atoms with Gasteiger partial charge >= 0.3 is 5.97 Å². The lowest BCUT2D eigenvalue weighted by Crippen LogP contribution is -2.25. The summed E-state index contributed by atoms with van der Waals surface area (Å²) < 4.78 is 32.4. The highest BCUT2D eigenvalue weighted by Crippen LogP contribution is 2.34. The number of rotatable bonds is 3. The van der Waals surface area contributed by atoms with Crippen molar-refractivity contribution in [3.05, 3.63) is 54.2 Å². The Hall–Kier alpha value is -2.80. The molecular formula is C20H21NO5S. The van der Waals surface area contributed by atoms with E-state index in [2.05, 4.69) is 0 Å². The molecule has 0 aliphatic rings. The number of aromatic hydroxyl groups is 1. The predicted molar refractivity (Wildman–Crippen MR) is 102 cm³/mol. The van der Waals surface area contributed by atoms with Gasteiger partial charge in [-0.05, 0) is 45.9 Å². The summed E-state index contributed by atoms with van der Waals surface area (Å²) in [4.78, 5) is 12.3. The Kier molecular flexibility index (Phi) is 4.51. The number of aromatic nitrogens is 1. The monoisotopic (exact) mass is 387 g/mol. The molecule has 1 heterocycles. The molecule has 7 heteroatoms. The number of hydrogen-bond donors (Lipinski definition) is 1. The fourth-order valence-electron chi connectivity index (χ4n) is 2.53. The maximum Gasteiger partial charge on any atom is 0.316 e. The van der Waals surface area contributed by atoms with Crippen LogP contribution in [0.25, 0.3) is 10.9 Å². The van der Waals surface area contributed by atoms with Crippen LogP contribution in [-0.4, -0.2) is 23.5 Å². The topological polar surface area (TPSA) is 85.6 Å². The highest BCUT2D eigenvalue weighted by atomic mass is 32.2. The molecule has 27 heavy (non-hydrogen) atoms. The summed E-state index contributed by atoms with van der Waals surface area (Å²) in [5, 5.41) is 10.6. The number of aryl methyl sites for hydroxylation is 1. The van der Waals surface area contributed by atoms with Crippen molar-refractivity contribution >= 4 is 26.9 Å². The van der Waals surface area contributed by atoms with Crippen molar-refractivity contribution in [1.29, 1.82) is 0 Å². The van der Waals surface area contributed by atoms with Gasteiger partial charge in [-0.25, -0.2) is 12.4 Å². The third kappa shape index (κ3) is 3.55. The first-order valence-electron chi connectivity index (χ1n) is 8.39. The second-order valence-electron chi connectivity index (χ2n) is 7.44. The standard InChI is InChI=1S/C20H21NO5S/c1-13-5-7-15(8-6-13)27(24,25)21-10-9-16-17(21)11-14(12-18(16)22)26-19(23)20(2,3)4/h5-12,22H,1-4H3. The van der Waals surface area contributed by atoms with Gasteiger partial charge < -0.3 is 9.84 Å². The fraction of sp³-hybridized carbons (Fsp3) is 0.250. The molecule has 0 fully saturated rings. The van der Waals surface area contributed by atoms with Crippen LogP contribution >= 0.6 is 0 Å². The van der Waals surface area contributed by atoms with Crippen molar-refractivity contribution in [2.24, 2.45) is 5.41 Å². The largest absolute Gasteiger partial charge is 0.507 e. The zero-order valence-electron chi connectivity index (χ0n) is 15.6. The molecule has 1 N–H and O–H groups in total. The zero-order chi connectivity index (χ0) is 20.0. The van der Waals surface area contributed by atoms with Crippen LogP contribution in [0, 0.1) is 12.3 Å². The van der Waals surface area contributed by atoms with Gasteiger partial charge in [0.2, 0.25) is 0 Å². The van der Waals surface area contributed by atoms with E-state index >= 15 is 0 Å². The molecule has 0 spiro atoms. The second kappa shape index (κ2) is 6.42. The van der Waals surface area contributed by atoms with Gasteiger partial charge in [-0.3, -0.25) is 4.79 Å². The highest BCUT2D eigenvalue weighted by molar-refractivity contribution is 7.90. The average molecular weight is 387 g/mol. The first kappa shape index (κ1) is 19.0. The van der Waals surface area contributed by atoms with E-state index in [9.17, 15) is 18.3 Å². The van der Waals surface area contributed by atoms with E-state index in [1.54, 1.807) is 32.9 Å². The number of benzene rings is 2. The van der Waals surface area contributed by atoms with Gasteiger partial charge in [0.15, 0.2) is 0 Å². The maximum atomic E-state index is 13.0. The van der Waals surface area contributed by atoms with E-state index in [0.717, 1.165) is 9.54 Å². The van der Waals surface area contributed by atoms with Crippen LogP contribution in [0.15, 0.2) is 53.6 Å². The molecule has 0 aliphatic carbocycles. The van der Waals surface area contributed by atoms with Crippen molar-refractivity contribution in [2.45, 2.75) is 32.6 Å². The van der Waals surface area contributed by atoms with Crippen LogP contribution in [0.5, 0.6) is 11.5 Å². The average Bonchev–Trinajstić information content (AvgIpc) is 2.99. The minimum Gasteiger partial charge on any atom is -0.507 e. The Morgan fingerprint density at radius 3 is 2.30 bits per heavy atom. The Labute approximate surface area is 158 Å². The maximum absolute atomic E-state index is 13.0. The van der Waals surface area contributed by atoms with Gasteiger partial charge in [0.05, 0.1) is 15.8 Å². The Bertz CT molecular complexity index is 1120. The number of hydrogen-bond acceptors (Lipinski definition) is 5. The minimum atomic E-state index is -3.86. The molecule has 2 aromatic carbocycles. The molecule has 0 radical (unpaired) electrons. The van der Waals surface area contributed by atoms with Crippen LogP contribution in [0.4, 0.5) is 0 Å². The summed E-state index contributed by atoms with van der Waals surface area (Å²) in [5.41, 5.74) is 0.438. The van der Waals surface area contributed by atoms with Gasteiger partial charge in [-0.2, -0.15) is 0 Å². The molecule has 0 amide bonds. The van der Waals surface area contributed by atoms with Crippen molar-refractivity contribution < 1.29 is 23.1 Å². The molecule has 0 saturated carbocycles. The minimum absolute atomic E-state index is 0.0824. The Morgan fingerprint density at radius 1 is 1.07 bits per heavy atom.